The van der Waals surface area contributed by atoms with Crippen LogP contribution in [0.4, 0.5) is 4.39 Å². The summed E-state index contributed by atoms with van der Waals surface area (Å²) in [6.07, 6.45) is 0.803. The molecule has 0 aliphatic carbocycles. The molecule has 0 saturated heterocycles. The summed E-state index contributed by atoms with van der Waals surface area (Å²) in [6, 6.07) is 4.24. The van der Waals surface area contributed by atoms with Crippen molar-refractivity contribution >= 4 is 39.0 Å². The van der Waals surface area contributed by atoms with Crippen LogP contribution in [0.15, 0.2) is 34.4 Å². The number of Topliss-reactive ketones (excluding diaryl/α,β-unsaturated/α-hetero) is 1. The molecule has 1 rings (SSSR count). The zero-order valence-electron chi connectivity index (χ0n) is 16.8. The summed E-state index contributed by atoms with van der Waals surface area (Å²) >= 11 is 1.64. The number of benzene rings is 1. The van der Waals surface area contributed by atoms with Gasteiger partial charge in [-0.05, 0) is 45.9 Å². The van der Waals surface area contributed by atoms with Crippen LogP contribution < -0.4 is 4.72 Å². The van der Waals surface area contributed by atoms with E-state index in [0.717, 1.165) is 0 Å². The summed E-state index contributed by atoms with van der Waals surface area (Å²) in [7, 11) is 3.19. The highest BCUT2D eigenvalue weighted by molar-refractivity contribution is 9.10. The molecule has 2 N–H and O–H groups in total. The largest absolute Gasteiger partial charge is 0.598 e. The first kappa shape index (κ1) is 24.6. The van der Waals surface area contributed by atoms with Gasteiger partial charge in [-0.25, -0.2) is 9.18 Å². The van der Waals surface area contributed by atoms with Crippen molar-refractivity contribution in [1.82, 2.24) is 9.62 Å². The van der Waals surface area contributed by atoms with Crippen LogP contribution in [0.25, 0.3) is 0 Å². The SMILES string of the molecule is CN(C)C=C(C(=O)O)C(=O)CC(C)(N[S@+]([O-])C(C)(C)C)c1cc(Br)ccc1F. The van der Waals surface area contributed by atoms with Crippen LogP contribution >= 0.6 is 15.9 Å². The van der Waals surface area contributed by atoms with Crippen molar-refractivity contribution in [3.63, 3.8) is 0 Å². The van der Waals surface area contributed by atoms with Gasteiger partial charge in [-0.2, -0.15) is 0 Å². The van der Waals surface area contributed by atoms with Gasteiger partial charge in [-0.1, -0.05) is 15.9 Å². The third-order valence-corrected chi connectivity index (χ3v) is 6.07. The van der Waals surface area contributed by atoms with Gasteiger partial charge in [0.1, 0.15) is 16.1 Å². The van der Waals surface area contributed by atoms with Gasteiger partial charge in [-0.15, -0.1) is 4.72 Å². The number of halogens is 2. The minimum atomic E-state index is -1.63. The van der Waals surface area contributed by atoms with Gasteiger partial charge in [0.15, 0.2) is 5.78 Å². The van der Waals surface area contributed by atoms with E-state index in [1.165, 1.54) is 36.2 Å². The highest BCUT2D eigenvalue weighted by Crippen LogP contribution is 2.33. The average Bonchev–Trinajstić information content (AvgIpc) is 2.53. The maximum absolute atomic E-state index is 14.6. The Bertz CT molecular complexity index is 780. The number of rotatable bonds is 8. The first-order valence-corrected chi connectivity index (χ1v) is 10.4. The highest BCUT2D eigenvalue weighted by Gasteiger charge is 2.41. The lowest BCUT2D eigenvalue weighted by Gasteiger charge is -2.35. The Hall–Kier alpha value is -1.42. The number of carboxylic acids is 1. The Labute approximate surface area is 176 Å². The monoisotopic (exact) mass is 476 g/mol. The molecular weight excluding hydrogens is 451 g/mol. The van der Waals surface area contributed by atoms with Gasteiger partial charge < -0.3 is 14.6 Å². The smallest absolute Gasteiger partial charge is 0.340 e. The number of nitrogens with zero attached hydrogens (tertiary/aromatic N) is 1. The molecule has 0 bridgehead atoms. The Morgan fingerprint density at radius 1 is 1.32 bits per heavy atom. The minimum Gasteiger partial charge on any atom is -0.598 e. The van der Waals surface area contributed by atoms with Crippen LogP contribution in [0.5, 0.6) is 0 Å². The van der Waals surface area contributed by atoms with Gasteiger partial charge in [0.25, 0.3) is 0 Å². The number of hydrogen-bond donors (Lipinski definition) is 2. The third kappa shape index (κ3) is 6.58. The molecule has 0 heterocycles. The van der Waals surface area contributed by atoms with Crippen molar-refractivity contribution in [2.45, 2.75) is 44.4 Å². The summed E-state index contributed by atoms with van der Waals surface area (Å²) in [4.78, 5) is 25.8. The van der Waals surface area contributed by atoms with Crippen molar-refractivity contribution in [3.05, 3.63) is 45.8 Å². The van der Waals surface area contributed by atoms with E-state index in [-0.39, 0.29) is 5.56 Å². The van der Waals surface area contributed by atoms with Crippen LogP contribution in [0, 0.1) is 5.82 Å². The van der Waals surface area contributed by atoms with Gasteiger partial charge in [-0.3, -0.25) is 4.79 Å². The Balaban J connectivity index is 3.45. The lowest BCUT2D eigenvalue weighted by atomic mass is 9.86. The topological polar surface area (TPSA) is 92.7 Å². The fourth-order valence-electron chi connectivity index (χ4n) is 2.39. The molecule has 1 aromatic carbocycles. The number of carboxylic acid groups (broad SMARTS) is 1. The van der Waals surface area contributed by atoms with E-state index in [4.69, 9.17) is 0 Å². The first-order chi connectivity index (χ1) is 12.7. The standard InChI is InChI=1S/C19H26BrFN2O4S/c1-18(2,3)28(27)22-19(4,14-9-12(20)7-8-15(14)21)10-16(24)13(17(25)26)11-23(5)6/h7-9,11,22H,10H2,1-6H3,(H,25,26)/t19?,28-/m1/s1. The fourth-order valence-corrected chi connectivity index (χ4v) is 3.64. The molecule has 6 nitrogen and oxygen atoms in total. The van der Waals surface area contributed by atoms with Crippen LogP contribution in [-0.2, 0) is 26.5 Å². The van der Waals surface area contributed by atoms with E-state index < -0.39 is 51.2 Å². The molecule has 0 spiro atoms. The van der Waals surface area contributed by atoms with E-state index in [1.54, 1.807) is 34.9 Å². The predicted octanol–water partition coefficient (Wildman–Crippen LogP) is 3.34. The molecular formula is C19H26BrFN2O4S. The Morgan fingerprint density at radius 2 is 1.89 bits per heavy atom. The zero-order valence-corrected chi connectivity index (χ0v) is 19.2. The predicted molar refractivity (Wildman–Crippen MR) is 112 cm³/mol. The molecule has 1 unspecified atom stereocenters. The zero-order chi connectivity index (χ0) is 21.9. The normalized spacial score (nSPS) is 15.7. The van der Waals surface area contributed by atoms with Crippen LogP contribution in [-0.4, -0.2) is 45.2 Å². The van der Waals surface area contributed by atoms with E-state index in [0.29, 0.717) is 4.47 Å². The number of aliphatic carboxylic acids is 1. The number of nitrogens with one attached hydrogen (secondary N) is 1. The molecule has 9 heteroatoms. The molecule has 0 aliphatic heterocycles. The van der Waals surface area contributed by atoms with Crippen molar-refractivity contribution in [2.24, 2.45) is 0 Å². The third-order valence-electron chi connectivity index (χ3n) is 3.83. The molecule has 28 heavy (non-hydrogen) atoms. The fraction of sp³-hybridized carbons (Fsp3) is 0.474. The maximum Gasteiger partial charge on any atom is 0.340 e. The van der Waals surface area contributed by atoms with Crippen LogP contribution in [0.1, 0.15) is 39.7 Å². The maximum atomic E-state index is 14.6. The van der Waals surface area contributed by atoms with E-state index in [1.807, 2.05) is 0 Å². The molecule has 2 atom stereocenters. The second kappa shape index (κ2) is 9.39. The lowest BCUT2D eigenvalue weighted by Crippen LogP contribution is -2.51. The van der Waals surface area contributed by atoms with Crippen molar-refractivity contribution < 1.29 is 23.6 Å². The molecule has 1 aromatic rings. The second-order valence-corrected chi connectivity index (χ2v) is 10.7. The van der Waals surface area contributed by atoms with Gasteiger partial charge in [0.05, 0.1) is 5.54 Å². The van der Waals surface area contributed by atoms with Crippen molar-refractivity contribution in [3.8, 4) is 0 Å². The molecule has 0 fully saturated rings. The first-order valence-electron chi connectivity index (χ1n) is 8.47. The molecule has 0 saturated carbocycles. The minimum absolute atomic E-state index is 0.113. The van der Waals surface area contributed by atoms with Gasteiger partial charge >= 0.3 is 5.97 Å². The second-order valence-electron chi connectivity index (χ2n) is 7.85. The number of ketones is 1. The number of carbonyl (C=O) groups is 2. The summed E-state index contributed by atoms with van der Waals surface area (Å²) in [6.45, 7) is 6.76. The average molecular weight is 477 g/mol. The van der Waals surface area contributed by atoms with E-state index in [2.05, 4.69) is 20.7 Å². The Morgan fingerprint density at radius 3 is 2.36 bits per heavy atom. The summed E-state index contributed by atoms with van der Waals surface area (Å²) in [5.74, 6) is -2.68. The molecule has 156 valence electrons. The van der Waals surface area contributed by atoms with Crippen molar-refractivity contribution in [1.29, 1.82) is 0 Å². The molecule has 0 radical (unpaired) electrons. The molecule has 0 aliphatic rings. The summed E-state index contributed by atoms with van der Waals surface area (Å²) in [5.41, 5.74) is -1.72. The van der Waals surface area contributed by atoms with E-state index in [9.17, 15) is 23.6 Å². The lowest BCUT2D eigenvalue weighted by molar-refractivity contribution is -0.134. The van der Waals surface area contributed by atoms with Gasteiger partial charge in [0.2, 0.25) is 0 Å². The summed E-state index contributed by atoms with van der Waals surface area (Å²) < 4.78 is 30.1. The number of hydrogen-bond acceptors (Lipinski definition) is 5. The van der Waals surface area contributed by atoms with Crippen LogP contribution in [0.2, 0.25) is 0 Å². The molecule has 0 aromatic heterocycles. The molecule has 0 amide bonds. The summed E-state index contributed by atoms with van der Waals surface area (Å²) in [5, 5.41) is 9.39. The van der Waals surface area contributed by atoms with Crippen molar-refractivity contribution in [2.75, 3.05) is 14.1 Å². The van der Waals surface area contributed by atoms with Crippen LogP contribution in [0.3, 0.4) is 0 Å². The highest BCUT2D eigenvalue weighted by atomic mass is 79.9. The quantitative estimate of drug-likeness (QED) is 0.258. The van der Waals surface area contributed by atoms with Gasteiger partial charge in [0, 0.05) is 48.1 Å². The number of carbonyl (C=O) groups excluding carboxylic acids is 1. The Kier molecular flexibility index (Phi) is 8.25. The van der Waals surface area contributed by atoms with E-state index >= 15 is 0 Å².